The monoisotopic (exact) mass is 366 g/mol. The number of piperidine rings is 1. The highest BCUT2D eigenvalue weighted by molar-refractivity contribution is 5.99. The van der Waals surface area contributed by atoms with Crippen molar-refractivity contribution in [1.29, 1.82) is 0 Å². The Kier molecular flexibility index (Phi) is 6.37. The largest absolute Gasteiger partial charge is 0.493 e. The summed E-state index contributed by atoms with van der Waals surface area (Å²) in [5.74, 6) is -0.852. The van der Waals surface area contributed by atoms with Crippen LogP contribution in [0.15, 0.2) is 12.1 Å². The van der Waals surface area contributed by atoms with E-state index in [0.29, 0.717) is 32.5 Å². The third kappa shape index (κ3) is 4.41. The first-order valence-electron chi connectivity index (χ1n) is 8.37. The Bertz CT molecular complexity index is 697. The van der Waals surface area contributed by atoms with Crippen molar-refractivity contribution in [2.75, 3.05) is 26.8 Å². The van der Waals surface area contributed by atoms with Crippen LogP contribution in [0.3, 0.4) is 0 Å². The van der Waals surface area contributed by atoms with Crippen molar-refractivity contribution >= 4 is 17.6 Å². The molecule has 9 nitrogen and oxygen atoms in total. The smallest absolute Gasteiger partial charge is 0.303 e. The van der Waals surface area contributed by atoms with E-state index >= 15 is 0 Å². The Morgan fingerprint density at radius 3 is 2.46 bits per heavy atom. The molecular formula is C17H22N2O7. The molecule has 0 bridgehead atoms. The quantitative estimate of drug-likeness (QED) is 0.581. The molecule has 0 atom stereocenters. The zero-order valence-electron chi connectivity index (χ0n) is 14.8. The van der Waals surface area contributed by atoms with Gasteiger partial charge in [-0.05, 0) is 25.7 Å². The number of methoxy groups -OCH3 is 1. The first kappa shape index (κ1) is 19.5. The lowest BCUT2D eigenvalue weighted by atomic mass is 9.93. The van der Waals surface area contributed by atoms with E-state index in [-0.39, 0.29) is 35.1 Å². The Morgan fingerprint density at radius 1 is 1.31 bits per heavy atom. The van der Waals surface area contributed by atoms with E-state index in [0.717, 1.165) is 0 Å². The summed E-state index contributed by atoms with van der Waals surface area (Å²) < 4.78 is 10.5. The maximum absolute atomic E-state index is 12.8. The van der Waals surface area contributed by atoms with Gasteiger partial charge in [-0.2, -0.15) is 0 Å². The number of carboxylic acids is 1. The number of nitrogens with zero attached hydrogens (tertiary/aromatic N) is 2. The Hall–Kier alpha value is -2.84. The number of carboxylic acid groups (broad SMARTS) is 1. The number of hydrogen-bond acceptors (Lipinski definition) is 6. The summed E-state index contributed by atoms with van der Waals surface area (Å²) in [5.41, 5.74) is -0.404. The Labute approximate surface area is 150 Å². The molecule has 1 N–H and O–H groups in total. The molecule has 1 aliphatic heterocycles. The third-order valence-corrected chi connectivity index (χ3v) is 4.37. The Morgan fingerprint density at radius 2 is 1.96 bits per heavy atom. The predicted octanol–water partition coefficient (Wildman–Crippen LogP) is 2.33. The first-order valence-corrected chi connectivity index (χ1v) is 8.37. The molecule has 1 aromatic carbocycles. The van der Waals surface area contributed by atoms with Gasteiger partial charge < -0.3 is 19.5 Å². The van der Waals surface area contributed by atoms with Gasteiger partial charge in [-0.25, -0.2) is 0 Å². The number of hydrogen-bond donors (Lipinski definition) is 1. The fraction of sp³-hybridized carbons (Fsp3) is 0.529. The number of rotatable bonds is 7. The lowest BCUT2D eigenvalue weighted by Crippen LogP contribution is -2.39. The summed E-state index contributed by atoms with van der Waals surface area (Å²) in [6.45, 7) is 2.77. The second kappa shape index (κ2) is 8.50. The van der Waals surface area contributed by atoms with Crippen LogP contribution in [-0.4, -0.2) is 53.6 Å². The third-order valence-electron chi connectivity index (χ3n) is 4.37. The molecule has 0 aromatic heterocycles. The van der Waals surface area contributed by atoms with E-state index < -0.39 is 16.8 Å². The summed E-state index contributed by atoms with van der Waals surface area (Å²) in [7, 11) is 1.40. The van der Waals surface area contributed by atoms with Gasteiger partial charge in [0.25, 0.3) is 11.6 Å². The maximum Gasteiger partial charge on any atom is 0.303 e. The molecule has 1 amide bonds. The van der Waals surface area contributed by atoms with Crippen LogP contribution in [0, 0.1) is 16.0 Å². The molecule has 26 heavy (non-hydrogen) atoms. The van der Waals surface area contributed by atoms with Crippen molar-refractivity contribution in [2.24, 2.45) is 5.92 Å². The van der Waals surface area contributed by atoms with Gasteiger partial charge in [0.2, 0.25) is 0 Å². The first-order chi connectivity index (χ1) is 12.4. The number of aliphatic carboxylic acids is 1. The van der Waals surface area contributed by atoms with Crippen molar-refractivity contribution in [1.82, 2.24) is 4.90 Å². The molecule has 142 valence electrons. The summed E-state index contributed by atoms with van der Waals surface area (Å²) in [5, 5.41) is 20.3. The minimum atomic E-state index is -0.860. The lowest BCUT2D eigenvalue weighted by molar-refractivity contribution is -0.385. The number of carbonyl (C=O) groups excluding carboxylic acids is 1. The highest BCUT2D eigenvalue weighted by Gasteiger charge is 2.30. The van der Waals surface area contributed by atoms with Gasteiger partial charge in [0.15, 0.2) is 11.5 Å². The van der Waals surface area contributed by atoms with E-state index in [1.165, 1.54) is 24.1 Å². The topological polar surface area (TPSA) is 119 Å². The second-order valence-electron chi connectivity index (χ2n) is 6.04. The molecule has 2 rings (SSSR count). The van der Waals surface area contributed by atoms with Crippen molar-refractivity contribution in [3.05, 3.63) is 27.8 Å². The zero-order chi connectivity index (χ0) is 19.3. The SMILES string of the molecule is CCOc1cc([N+](=O)[O-])c(C(=O)N2CCC(CC(=O)O)CC2)cc1OC. The summed E-state index contributed by atoms with van der Waals surface area (Å²) in [4.78, 5) is 35.9. The van der Waals surface area contributed by atoms with Crippen LogP contribution in [0.1, 0.15) is 36.5 Å². The van der Waals surface area contributed by atoms with Crippen LogP contribution in [0.4, 0.5) is 5.69 Å². The summed E-state index contributed by atoms with van der Waals surface area (Å²) in [6.07, 6.45) is 1.18. The van der Waals surface area contributed by atoms with E-state index in [4.69, 9.17) is 14.6 Å². The fourth-order valence-electron chi connectivity index (χ4n) is 3.06. The van der Waals surface area contributed by atoms with Crippen LogP contribution in [-0.2, 0) is 4.79 Å². The number of carbonyl (C=O) groups is 2. The molecule has 0 radical (unpaired) electrons. The minimum Gasteiger partial charge on any atom is -0.493 e. The summed E-state index contributed by atoms with van der Waals surface area (Å²) in [6, 6.07) is 2.53. The molecule has 9 heteroatoms. The number of benzene rings is 1. The molecule has 1 saturated heterocycles. The molecule has 1 aromatic rings. The highest BCUT2D eigenvalue weighted by Crippen LogP contribution is 2.36. The van der Waals surface area contributed by atoms with Crippen LogP contribution in [0.5, 0.6) is 11.5 Å². The van der Waals surface area contributed by atoms with Crippen LogP contribution >= 0.6 is 0 Å². The van der Waals surface area contributed by atoms with Gasteiger partial charge in [-0.1, -0.05) is 0 Å². The van der Waals surface area contributed by atoms with Gasteiger partial charge >= 0.3 is 5.97 Å². The lowest BCUT2D eigenvalue weighted by Gasteiger charge is -2.31. The van der Waals surface area contributed by atoms with Crippen LogP contribution < -0.4 is 9.47 Å². The zero-order valence-corrected chi connectivity index (χ0v) is 14.8. The number of likely N-dealkylation sites (tertiary alicyclic amines) is 1. The van der Waals surface area contributed by atoms with Crippen molar-refractivity contribution in [3.8, 4) is 11.5 Å². The molecule has 0 aliphatic carbocycles. The number of ether oxygens (including phenoxy) is 2. The van der Waals surface area contributed by atoms with E-state index in [9.17, 15) is 19.7 Å². The highest BCUT2D eigenvalue weighted by atomic mass is 16.6. The van der Waals surface area contributed by atoms with Crippen molar-refractivity contribution in [3.63, 3.8) is 0 Å². The standard InChI is InChI=1S/C17H22N2O7/c1-3-26-15-10-13(19(23)24)12(9-14(15)25-2)17(22)18-6-4-11(5-7-18)8-16(20)21/h9-11H,3-8H2,1-2H3,(H,20,21). The molecule has 1 heterocycles. The number of nitro benzene ring substituents is 1. The fourth-order valence-corrected chi connectivity index (χ4v) is 3.06. The average Bonchev–Trinajstić information content (AvgIpc) is 2.61. The average molecular weight is 366 g/mol. The van der Waals surface area contributed by atoms with Gasteiger partial charge in [0.05, 0.1) is 24.7 Å². The van der Waals surface area contributed by atoms with Gasteiger partial charge in [0.1, 0.15) is 5.56 Å². The molecule has 0 saturated carbocycles. The van der Waals surface area contributed by atoms with Crippen LogP contribution in [0.2, 0.25) is 0 Å². The van der Waals surface area contributed by atoms with Crippen LogP contribution in [0.25, 0.3) is 0 Å². The normalized spacial score (nSPS) is 14.8. The number of amides is 1. The maximum atomic E-state index is 12.8. The Balaban J connectivity index is 2.25. The van der Waals surface area contributed by atoms with E-state index in [1.807, 2.05) is 0 Å². The molecular weight excluding hydrogens is 344 g/mol. The minimum absolute atomic E-state index is 0.0152. The molecule has 0 unspecified atom stereocenters. The molecule has 1 aliphatic rings. The molecule has 1 fully saturated rings. The van der Waals surface area contributed by atoms with Gasteiger partial charge in [0, 0.05) is 25.6 Å². The van der Waals surface area contributed by atoms with Gasteiger partial charge in [-0.3, -0.25) is 19.7 Å². The predicted molar refractivity (Wildman–Crippen MR) is 91.7 cm³/mol. The number of nitro groups is 1. The van der Waals surface area contributed by atoms with Crippen molar-refractivity contribution < 1.29 is 29.1 Å². The van der Waals surface area contributed by atoms with E-state index in [2.05, 4.69) is 0 Å². The van der Waals surface area contributed by atoms with Gasteiger partial charge in [-0.15, -0.1) is 0 Å². The van der Waals surface area contributed by atoms with E-state index in [1.54, 1.807) is 6.92 Å². The summed E-state index contributed by atoms with van der Waals surface area (Å²) >= 11 is 0. The van der Waals surface area contributed by atoms with Crippen molar-refractivity contribution in [2.45, 2.75) is 26.2 Å². The molecule has 0 spiro atoms. The second-order valence-corrected chi connectivity index (χ2v) is 6.04.